The second-order valence-corrected chi connectivity index (χ2v) is 9.14. The third-order valence-electron chi connectivity index (χ3n) is 6.89. The smallest absolute Gasteiger partial charge is 0.191 e. The van der Waals surface area contributed by atoms with Gasteiger partial charge in [-0.3, -0.25) is 4.99 Å². The number of hydrogen-bond acceptors (Lipinski definition) is 4. The first-order valence-corrected chi connectivity index (χ1v) is 11.1. The Bertz CT molecular complexity index is 735. The van der Waals surface area contributed by atoms with E-state index < -0.39 is 0 Å². The van der Waals surface area contributed by atoms with Crippen molar-refractivity contribution in [3.63, 3.8) is 0 Å². The van der Waals surface area contributed by atoms with Crippen LogP contribution in [0.25, 0.3) is 0 Å². The molecule has 0 amide bonds. The van der Waals surface area contributed by atoms with E-state index in [-0.39, 0.29) is 5.41 Å². The van der Waals surface area contributed by atoms with E-state index in [4.69, 9.17) is 14.5 Å². The van der Waals surface area contributed by atoms with Crippen LogP contribution in [0.2, 0.25) is 0 Å². The molecule has 2 saturated heterocycles. The zero-order chi connectivity index (χ0) is 20.4. The monoisotopic (exact) mass is 400 g/mol. The number of methoxy groups -OCH3 is 1. The number of piperidine rings is 1. The molecule has 4 atom stereocenters. The van der Waals surface area contributed by atoms with Crippen LogP contribution in [0.5, 0.6) is 5.75 Å². The highest BCUT2D eigenvalue weighted by atomic mass is 16.5. The molecular formula is C23H36N4O2. The fourth-order valence-corrected chi connectivity index (χ4v) is 5.39. The summed E-state index contributed by atoms with van der Waals surface area (Å²) in [6.45, 7) is 10.4. The summed E-state index contributed by atoms with van der Waals surface area (Å²) in [5, 5.41) is 7.48. The Morgan fingerprint density at radius 2 is 2.17 bits per heavy atom. The minimum absolute atomic E-state index is 0.149. The molecule has 4 unspecified atom stereocenters. The number of nitrogens with one attached hydrogen (secondary N) is 2. The maximum atomic E-state index is 5.95. The lowest BCUT2D eigenvalue weighted by molar-refractivity contribution is -0.106. The van der Waals surface area contributed by atoms with Crippen molar-refractivity contribution in [2.24, 2.45) is 16.3 Å². The molecule has 0 radical (unpaired) electrons. The molecular weight excluding hydrogens is 364 g/mol. The molecule has 6 nitrogen and oxygen atoms in total. The number of benzene rings is 1. The Hall–Kier alpha value is -1.95. The van der Waals surface area contributed by atoms with Gasteiger partial charge in [0, 0.05) is 61.4 Å². The highest BCUT2D eigenvalue weighted by Crippen LogP contribution is 2.52. The van der Waals surface area contributed by atoms with E-state index in [1.54, 1.807) is 7.11 Å². The van der Waals surface area contributed by atoms with Crippen molar-refractivity contribution in [2.75, 3.05) is 38.3 Å². The SMILES string of the molecule is CCN=C(NC1CCCN(c2cccc(OC)c2)C1)NC1C2CCOC2C1(C)C. The largest absolute Gasteiger partial charge is 0.497 e. The van der Waals surface area contributed by atoms with Gasteiger partial charge in [-0.2, -0.15) is 0 Å². The summed E-state index contributed by atoms with van der Waals surface area (Å²) in [4.78, 5) is 7.21. The number of anilines is 1. The van der Waals surface area contributed by atoms with Gasteiger partial charge in [-0.15, -0.1) is 0 Å². The van der Waals surface area contributed by atoms with Crippen LogP contribution in [0.15, 0.2) is 29.3 Å². The number of rotatable bonds is 5. The molecule has 1 aromatic rings. The van der Waals surface area contributed by atoms with Gasteiger partial charge in [-0.1, -0.05) is 19.9 Å². The summed E-state index contributed by atoms with van der Waals surface area (Å²) >= 11 is 0. The lowest BCUT2D eigenvalue weighted by atomic mass is 9.57. The predicted molar refractivity (Wildman–Crippen MR) is 118 cm³/mol. The van der Waals surface area contributed by atoms with Gasteiger partial charge in [0.15, 0.2) is 5.96 Å². The molecule has 1 saturated carbocycles. The van der Waals surface area contributed by atoms with Crippen LogP contribution in [-0.2, 0) is 4.74 Å². The van der Waals surface area contributed by atoms with Crippen molar-refractivity contribution in [3.8, 4) is 5.75 Å². The summed E-state index contributed by atoms with van der Waals surface area (Å²) in [5.74, 6) is 2.47. The summed E-state index contributed by atoms with van der Waals surface area (Å²) in [6.07, 6.45) is 3.87. The predicted octanol–water partition coefficient (Wildman–Crippen LogP) is 3.03. The maximum absolute atomic E-state index is 5.95. The summed E-state index contributed by atoms with van der Waals surface area (Å²) in [5.41, 5.74) is 1.38. The minimum Gasteiger partial charge on any atom is -0.497 e. The summed E-state index contributed by atoms with van der Waals surface area (Å²) in [6, 6.07) is 9.16. The third-order valence-corrected chi connectivity index (χ3v) is 6.89. The Kier molecular flexibility index (Phi) is 5.91. The zero-order valence-electron chi connectivity index (χ0n) is 18.3. The maximum Gasteiger partial charge on any atom is 0.191 e. The summed E-state index contributed by atoms with van der Waals surface area (Å²) < 4.78 is 11.4. The molecule has 0 bridgehead atoms. The van der Waals surface area contributed by atoms with Crippen molar-refractivity contribution >= 4 is 11.6 Å². The lowest BCUT2D eigenvalue weighted by Gasteiger charge is -2.55. The Balaban J connectivity index is 1.40. The van der Waals surface area contributed by atoms with Gasteiger partial charge in [-0.25, -0.2) is 0 Å². The van der Waals surface area contributed by atoms with Crippen molar-refractivity contribution in [3.05, 3.63) is 24.3 Å². The van der Waals surface area contributed by atoms with E-state index in [1.165, 1.54) is 12.1 Å². The minimum atomic E-state index is 0.149. The highest BCUT2D eigenvalue weighted by Gasteiger charge is 2.59. The van der Waals surface area contributed by atoms with Crippen LogP contribution >= 0.6 is 0 Å². The quantitative estimate of drug-likeness (QED) is 0.588. The number of aliphatic imine (C=N–C) groups is 1. The van der Waals surface area contributed by atoms with Crippen LogP contribution < -0.4 is 20.3 Å². The fourth-order valence-electron chi connectivity index (χ4n) is 5.39. The average molecular weight is 401 g/mol. The van der Waals surface area contributed by atoms with Gasteiger partial charge < -0.3 is 25.0 Å². The molecule has 3 aliphatic rings. The van der Waals surface area contributed by atoms with E-state index in [1.807, 2.05) is 6.07 Å². The van der Waals surface area contributed by atoms with Crippen LogP contribution in [0.1, 0.15) is 40.0 Å². The Morgan fingerprint density at radius 3 is 2.97 bits per heavy atom. The molecule has 1 aromatic carbocycles. The third kappa shape index (κ3) is 4.04. The molecule has 160 valence electrons. The molecule has 0 spiro atoms. The van der Waals surface area contributed by atoms with Gasteiger partial charge in [-0.05, 0) is 38.3 Å². The van der Waals surface area contributed by atoms with Crippen molar-refractivity contribution in [1.82, 2.24) is 10.6 Å². The number of fused-ring (bicyclic) bond motifs is 1. The van der Waals surface area contributed by atoms with Crippen LogP contribution in [-0.4, -0.2) is 57.5 Å². The second-order valence-electron chi connectivity index (χ2n) is 9.14. The molecule has 1 aliphatic carbocycles. The van der Waals surface area contributed by atoms with Crippen molar-refractivity contribution in [2.45, 2.75) is 58.2 Å². The first kappa shape index (κ1) is 20.3. The molecule has 2 heterocycles. The first-order chi connectivity index (χ1) is 14.0. The topological polar surface area (TPSA) is 58.1 Å². The Morgan fingerprint density at radius 1 is 1.31 bits per heavy atom. The first-order valence-electron chi connectivity index (χ1n) is 11.1. The lowest BCUT2D eigenvalue weighted by Crippen LogP contribution is -2.68. The van der Waals surface area contributed by atoms with Crippen molar-refractivity contribution < 1.29 is 9.47 Å². The van der Waals surface area contributed by atoms with Gasteiger partial charge in [0.25, 0.3) is 0 Å². The number of ether oxygens (including phenoxy) is 2. The molecule has 29 heavy (non-hydrogen) atoms. The van der Waals surface area contributed by atoms with Gasteiger partial charge in [0.05, 0.1) is 13.2 Å². The second kappa shape index (κ2) is 8.42. The van der Waals surface area contributed by atoms with E-state index in [0.717, 1.165) is 50.8 Å². The summed E-state index contributed by atoms with van der Waals surface area (Å²) in [7, 11) is 1.72. The zero-order valence-corrected chi connectivity index (χ0v) is 18.3. The fraction of sp³-hybridized carbons (Fsp3) is 0.696. The number of guanidine groups is 1. The highest BCUT2D eigenvalue weighted by molar-refractivity contribution is 5.81. The standard InChI is InChI=1S/C23H36N4O2/c1-5-24-22(26-20-19-11-13-29-21(19)23(20,2)3)25-16-8-7-12-27(15-16)17-9-6-10-18(14-17)28-4/h6,9-10,14,16,19-21H,5,7-8,11-13,15H2,1-4H3,(H2,24,25,26). The molecule has 4 rings (SSSR count). The van der Waals surface area contributed by atoms with Crippen molar-refractivity contribution in [1.29, 1.82) is 0 Å². The van der Waals surface area contributed by atoms with Gasteiger partial charge >= 0.3 is 0 Å². The number of hydrogen-bond donors (Lipinski definition) is 2. The van der Waals surface area contributed by atoms with E-state index in [9.17, 15) is 0 Å². The molecule has 2 aliphatic heterocycles. The number of nitrogens with zero attached hydrogens (tertiary/aromatic N) is 2. The normalized spacial score (nSPS) is 31.0. The average Bonchev–Trinajstić information content (AvgIpc) is 3.20. The van der Waals surface area contributed by atoms with Crippen LogP contribution in [0.4, 0.5) is 5.69 Å². The van der Waals surface area contributed by atoms with Gasteiger partial charge in [0.1, 0.15) is 5.75 Å². The van der Waals surface area contributed by atoms with E-state index >= 15 is 0 Å². The van der Waals surface area contributed by atoms with Crippen LogP contribution in [0, 0.1) is 11.3 Å². The molecule has 2 N–H and O–H groups in total. The molecule has 3 fully saturated rings. The van der Waals surface area contributed by atoms with E-state index in [2.05, 4.69) is 54.5 Å². The van der Waals surface area contributed by atoms with E-state index in [0.29, 0.717) is 24.1 Å². The Labute approximate surface area is 175 Å². The molecule has 0 aromatic heterocycles. The van der Waals surface area contributed by atoms with Gasteiger partial charge in [0.2, 0.25) is 0 Å². The van der Waals surface area contributed by atoms with Crippen LogP contribution in [0.3, 0.4) is 0 Å². The molecule has 6 heteroatoms.